The molecular formula is C24H31NO3. The summed E-state index contributed by atoms with van der Waals surface area (Å²) in [4.78, 5) is 26.1. The van der Waals surface area contributed by atoms with E-state index in [4.69, 9.17) is 4.74 Å². The summed E-state index contributed by atoms with van der Waals surface area (Å²) < 4.78 is 5.55. The third-order valence-electron chi connectivity index (χ3n) is 5.60. The predicted molar refractivity (Wildman–Crippen MR) is 111 cm³/mol. The van der Waals surface area contributed by atoms with Crippen molar-refractivity contribution in [3.63, 3.8) is 0 Å². The summed E-state index contributed by atoms with van der Waals surface area (Å²) in [6, 6.07) is 8.11. The van der Waals surface area contributed by atoms with E-state index < -0.39 is 0 Å². The van der Waals surface area contributed by atoms with Crippen molar-refractivity contribution in [2.45, 2.75) is 66.2 Å². The second-order valence-electron chi connectivity index (χ2n) is 8.83. The van der Waals surface area contributed by atoms with Gasteiger partial charge in [0.05, 0.1) is 12.2 Å². The number of ketones is 1. The maximum Gasteiger partial charge on any atom is 0.336 e. The van der Waals surface area contributed by atoms with Crippen molar-refractivity contribution in [2.24, 2.45) is 5.41 Å². The maximum absolute atomic E-state index is 13.2. The minimum Gasteiger partial charge on any atom is -0.462 e. The molecule has 0 spiro atoms. The Balaban J connectivity index is 2.07. The number of aryl methyl sites for hydroxylation is 1. The van der Waals surface area contributed by atoms with Crippen molar-refractivity contribution in [3.05, 3.63) is 57.9 Å². The predicted octanol–water partition coefficient (Wildman–Crippen LogP) is 4.94. The lowest BCUT2D eigenvalue weighted by atomic mass is 9.68. The molecule has 0 bridgehead atoms. The van der Waals surface area contributed by atoms with Crippen molar-refractivity contribution in [3.8, 4) is 0 Å². The molecule has 1 aliphatic carbocycles. The number of nitrogens with one attached hydrogen (secondary N) is 1. The lowest BCUT2D eigenvalue weighted by Gasteiger charge is -2.39. The lowest BCUT2D eigenvalue weighted by Crippen LogP contribution is -2.38. The SMILES string of the molecule is CCCCOC(=O)C1=C(C)NC2=C(C(=O)CC(C)(C)C2)[C@H]1c1ccc(C)cc1. The highest BCUT2D eigenvalue weighted by Crippen LogP contribution is 2.46. The summed E-state index contributed by atoms with van der Waals surface area (Å²) in [5, 5.41) is 3.37. The number of unbranched alkanes of at least 4 members (excludes halogenated alkanes) is 1. The average Bonchev–Trinajstić information content (AvgIpc) is 2.60. The fraction of sp³-hybridized carbons (Fsp3) is 0.500. The van der Waals surface area contributed by atoms with Crippen LogP contribution in [0.5, 0.6) is 0 Å². The van der Waals surface area contributed by atoms with E-state index in [1.807, 2.05) is 38.1 Å². The van der Waals surface area contributed by atoms with Gasteiger partial charge in [-0.25, -0.2) is 4.79 Å². The third kappa shape index (κ3) is 4.06. The Labute approximate surface area is 168 Å². The van der Waals surface area contributed by atoms with Gasteiger partial charge in [-0.3, -0.25) is 4.79 Å². The molecule has 1 aliphatic heterocycles. The van der Waals surface area contributed by atoms with Gasteiger partial charge in [-0.15, -0.1) is 0 Å². The van der Waals surface area contributed by atoms with Gasteiger partial charge in [-0.2, -0.15) is 0 Å². The number of rotatable bonds is 5. The second-order valence-corrected chi connectivity index (χ2v) is 8.83. The molecule has 4 nitrogen and oxygen atoms in total. The Kier molecular flexibility index (Phi) is 5.78. The van der Waals surface area contributed by atoms with Crippen LogP contribution in [0.25, 0.3) is 0 Å². The molecule has 1 heterocycles. The fourth-order valence-corrected chi connectivity index (χ4v) is 4.19. The molecule has 0 fully saturated rings. The molecule has 0 saturated carbocycles. The molecule has 3 rings (SSSR count). The molecule has 150 valence electrons. The number of allylic oxidation sites excluding steroid dienone is 3. The van der Waals surface area contributed by atoms with E-state index in [1.165, 1.54) is 0 Å². The van der Waals surface area contributed by atoms with Crippen molar-refractivity contribution >= 4 is 11.8 Å². The van der Waals surface area contributed by atoms with Gasteiger partial charge in [0.15, 0.2) is 5.78 Å². The number of hydrogen-bond acceptors (Lipinski definition) is 4. The van der Waals surface area contributed by atoms with E-state index >= 15 is 0 Å². The second kappa shape index (κ2) is 7.94. The summed E-state index contributed by atoms with van der Waals surface area (Å²) >= 11 is 0. The molecule has 2 aliphatic rings. The maximum atomic E-state index is 13.2. The number of benzene rings is 1. The smallest absolute Gasteiger partial charge is 0.336 e. The van der Waals surface area contributed by atoms with Crippen LogP contribution in [0.2, 0.25) is 0 Å². The van der Waals surface area contributed by atoms with Crippen LogP contribution in [0.1, 0.15) is 70.4 Å². The molecule has 0 amide bonds. The standard InChI is InChI=1S/C24H31NO3/c1-6-7-12-28-23(27)20-16(3)25-18-13-24(4,5)14-19(26)22(18)21(20)17-10-8-15(2)9-11-17/h8-11,21,25H,6-7,12-14H2,1-5H3/t21-/m0/s1. The van der Waals surface area contributed by atoms with E-state index in [1.54, 1.807) is 0 Å². The molecule has 0 radical (unpaired) electrons. The highest BCUT2D eigenvalue weighted by atomic mass is 16.5. The Morgan fingerprint density at radius 2 is 1.86 bits per heavy atom. The zero-order valence-electron chi connectivity index (χ0n) is 17.6. The summed E-state index contributed by atoms with van der Waals surface area (Å²) in [6.07, 6.45) is 3.09. The van der Waals surface area contributed by atoms with E-state index in [0.29, 0.717) is 18.6 Å². The minimum atomic E-state index is -0.366. The first-order valence-corrected chi connectivity index (χ1v) is 10.2. The van der Waals surface area contributed by atoms with Crippen LogP contribution in [0, 0.1) is 12.3 Å². The summed E-state index contributed by atoms with van der Waals surface area (Å²) in [5.74, 6) is -0.571. The normalized spacial score (nSPS) is 21.3. The number of carbonyl (C=O) groups excluding carboxylic acids is 2. The molecule has 0 aromatic heterocycles. The quantitative estimate of drug-likeness (QED) is 0.580. The van der Waals surface area contributed by atoms with Gasteiger partial charge < -0.3 is 10.1 Å². The van der Waals surface area contributed by atoms with Crippen LogP contribution in [0.15, 0.2) is 46.8 Å². The number of ether oxygens (including phenoxy) is 1. The van der Waals surface area contributed by atoms with Gasteiger partial charge in [0.2, 0.25) is 0 Å². The average molecular weight is 382 g/mol. The van der Waals surface area contributed by atoms with Gasteiger partial charge in [-0.1, -0.05) is 57.0 Å². The van der Waals surface area contributed by atoms with Crippen molar-refractivity contribution in [1.29, 1.82) is 0 Å². The van der Waals surface area contributed by atoms with Gasteiger partial charge >= 0.3 is 5.97 Å². The number of Topliss-reactive ketones (excluding diaryl/α,β-unsaturated/α-hetero) is 1. The van der Waals surface area contributed by atoms with Crippen LogP contribution in [-0.2, 0) is 14.3 Å². The zero-order chi connectivity index (χ0) is 20.5. The Bertz CT molecular complexity index is 843. The number of dihydropyridines is 1. The Morgan fingerprint density at radius 3 is 2.50 bits per heavy atom. The molecule has 0 unspecified atom stereocenters. The minimum absolute atomic E-state index is 0.0832. The highest BCUT2D eigenvalue weighted by Gasteiger charge is 2.43. The first-order chi connectivity index (χ1) is 13.2. The fourth-order valence-electron chi connectivity index (χ4n) is 4.19. The summed E-state index contributed by atoms with van der Waals surface area (Å²) in [6.45, 7) is 10.6. The first-order valence-electron chi connectivity index (χ1n) is 10.2. The number of carbonyl (C=O) groups is 2. The number of hydrogen-bond donors (Lipinski definition) is 1. The monoisotopic (exact) mass is 381 g/mol. The topological polar surface area (TPSA) is 55.4 Å². The van der Waals surface area contributed by atoms with Gasteiger partial charge in [0.1, 0.15) is 0 Å². The molecule has 1 aromatic rings. The van der Waals surface area contributed by atoms with E-state index in [9.17, 15) is 9.59 Å². The molecule has 0 saturated heterocycles. The number of esters is 1. The van der Waals surface area contributed by atoms with Crippen molar-refractivity contribution < 1.29 is 14.3 Å². The van der Waals surface area contributed by atoms with Crippen LogP contribution >= 0.6 is 0 Å². The Hall–Kier alpha value is -2.36. The molecule has 1 N–H and O–H groups in total. The van der Waals surface area contributed by atoms with Crippen LogP contribution in [0.4, 0.5) is 0 Å². The summed E-state index contributed by atoms with van der Waals surface area (Å²) in [7, 11) is 0. The Morgan fingerprint density at radius 1 is 1.18 bits per heavy atom. The van der Waals surface area contributed by atoms with E-state index in [2.05, 4.69) is 26.1 Å². The van der Waals surface area contributed by atoms with Crippen molar-refractivity contribution in [1.82, 2.24) is 5.32 Å². The molecule has 1 atom stereocenters. The lowest BCUT2D eigenvalue weighted by molar-refractivity contribution is -0.139. The molecular weight excluding hydrogens is 350 g/mol. The van der Waals surface area contributed by atoms with E-state index in [-0.39, 0.29) is 23.1 Å². The van der Waals surface area contributed by atoms with E-state index in [0.717, 1.165) is 47.4 Å². The molecule has 28 heavy (non-hydrogen) atoms. The zero-order valence-corrected chi connectivity index (χ0v) is 17.6. The van der Waals surface area contributed by atoms with Gasteiger partial charge in [0, 0.05) is 29.3 Å². The van der Waals surface area contributed by atoms with Crippen LogP contribution in [-0.4, -0.2) is 18.4 Å². The first kappa shape index (κ1) is 20.4. The van der Waals surface area contributed by atoms with Crippen LogP contribution in [0.3, 0.4) is 0 Å². The third-order valence-corrected chi connectivity index (χ3v) is 5.60. The van der Waals surface area contributed by atoms with Crippen LogP contribution < -0.4 is 5.32 Å². The molecule has 1 aromatic carbocycles. The van der Waals surface area contributed by atoms with Gasteiger partial charge in [-0.05, 0) is 37.7 Å². The largest absolute Gasteiger partial charge is 0.462 e. The van der Waals surface area contributed by atoms with Crippen molar-refractivity contribution in [2.75, 3.05) is 6.61 Å². The molecule has 4 heteroatoms. The highest BCUT2D eigenvalue weighted by molar-refractivity contribution is 6.04. The summed E-state index contributed by atoms with van der Waals surface area (Å²) in [5.41, 5.74) is 5.07. The van der Waals surface area contributed by atoms with Gasteiger partial charge in [0.25, 0.3) is 0 Å².